The molecular formula is C20H44N6O4. The molecule has 0 saturated heterocycles. The highest BCUT2D eigenvalue weighted by atomic mass is 16.5. The highest BCUT2D eigenvalue weighted by molar-refractivity contribution is 5.78. The van der Waals surface area contributed by atoms with E-state index in [0.717, 1.165) is 45.8 Å². The van der Waals surface area contributed by atoms with E-state index >= 15 is 0 Å². The maximum Gasteiger partial charge on any atom is 0.311 e. The Kier molecular flexibility index (Phi) is 16.6. The largest absolute Gasteiger partial charge is 0.469 e. The van der Waals surface area contributed by atoms with Crippen LogP contribution in [0.4, 0.5) is 0 Å². The molecule has 0 spiro atoms. The Hall–Kier alpha value is -1.30. The summed E-state index contributed by atoms with van der Waals surface area (Å²) in [4.78, 5) is 26.4. The summed E-state index contributed by atoms with van der Waals surface area (Å²) in [6.45, 7) is 12.0. The number of carbonyl (C=O) groups excluding carboxylic acids is 2. The summed E-state index contributed by atoms with van der Waals surface area (Å²) in [6.07, 6.45) is 0.355. The molecule has 0 radical (unpaired) electrons. The predicted octanol–water partition coefficient (Wildman–Crippen LogP) is -1.65. The van der Waals surface area contributed by atoms with Crippen LogP contribution in [-0.4, -0.2) is 103 Å². The molecule has 0 bridgehead atoms. The van der Waals surface area contributed by atoms with Gasteiger partial charge in [-0.3, -0.25) is 14.5 Å². The number of carbonyl (C=O) groups is 2. The Morgan fingerprint density at radius 2 is 1.47 bits per heavy atom. The number of nitrogens with zero attached hydrogens (tertiary/aromatic N) is 1. The van der Waals surface area contributed by atoms with Crippen molar-refractivity contribution in [2.24, 2.45) is 22.8 Å². The molecule has 10 nitrogen and oxygen atoms in total. The number of methoxy groups -OCH3 is 2. The van der Waals surface area contributed by atoms with E-state index < -0.39 is 11.3 Å². The minimum absolute atomic E-state index is 0.328. The van der Waals surface area contributed by atoms with Crippen LogP contribution < -0.4 is 27.4 Å². The van der Waals surface area contributed by atoms with Crippen LogP contribution in [0.2, 0.25) is 0 Å². The van der Waals surface area contributed by atoms with Gasteiger partial charge in [0.1, 0.15) is 0 Å². The quantitative estimate of drug-likeness (QED) is 0.119. The van der Waals surface area contributed by atoms with E-state index in [1.807, 2.05) is 0 Å². The zero-order chi connectivity index (χ0) is 22.8. The topological polar surface area (TPSA) is 144 Å². The first-order valence-corrected chi connectivity index (χ1v) is 10.7. The molecule has 7 N–H and O–H groups in total. The smallest absolute Gasteiger partial charge is 0.311 e. The fourth-order valence-corrected chi connectivity index (χ4v) is 3.18. The van der Waals surface area contributed by atoms with Crippen molar-refractivity contribution in [1.29, 1.82) is 0 Å². The lowest BCUT2D eigenvalue weighted by atomic mass is 9.82. The van der Waals surface area contributed by atoms with Crippen molar-refractivity contribution in [2.75, 3.05) is 86.2 Å². The second-order valence-electron chi connectivity index (χ2n) is 7.92. The first-order chi connectivity index (χ1) is 14.3. The van der Waals surface area contributed by atoms with Crippen LogP contribution >= 0.6 is 0 Å². The van der Waals surface area contributed by atoms with Gasteiger partial charge in [-0.1, -0.05) is 0 Å². The number of nitrogens with one attached hydrogen (secondary N) is 3. The third-order valence-corrected chi connectivity index (χ3v) is 4.87. The molecule has 30 heavy (non-hydrogen) atoms. The Balaban J connectivity index is 4.32. The Morgan fingerprint density at radius 3 is 2.00 bits per heavy atom. The summed E-state index contributed by atoms with van der Waals surface area (Å²) in [7, 11) is 2.72. The van der Waals surface area contributed by atoms with Crippen LogP contribution in [0.5, 0.6) is 0 Å². The molecule has 1 atom stereocenters. The van der Waals surface area contributed by atoms with Crippen LogP contribution in [0, 0.1) is 11.3 Å². The van der Waals surface area contributed by atoms with Gasteiger partial charge in [0.25, 0.3) is 0 Å². The molecule has 0 aromatic carbocycles. The number of rotatable bonds is 19. The summed E-state index contributed by atoms with van der Waals surface area (Å²) in [6, 6.07) is 0. The highest BCUT2D eigenvalue weighted by Gasteiger charge is 2.35. The fraction of sp³-hybridized carbons (Fsp3) is 0.900. The monoisotopic (exact) mass is 432 g/mol. The van der Waals surface area contributed by atoms with Crippen LogP contribution in [-0.2, 0) is 19.1 Å². The first kappa shape index (κ1) is 28.7. The van der Waals surface area contributed by atoms with Gasteiger partial charge < -0.3 is 36.9 Å². The van der Waals surface area contributed by atoms with E-state index in [1.165, 1.54) is 14.2 Å². The van der Waals surface area contributed by atoms with Gasteiger partial charge >= 0.3 is 11.9 Å². The molecule has 0 aliphatic heterocycles. The fourth-order valence-electron chi connectivity index (χ4n) is 3.18. The van der Waals surface area contributed by atoms with Crippen molar-refractivity contribution in [3.8, 4) is 0 Å². The number of hydrogen-bond acceptors (Lipinski definition) is 10. The SMILES string of the molecule is COC(=O)C(CNCCN(CCN)CCNCCNCCN)CC(C)(C)C(=O)OC. The molecular weight excluding hydrogens is 388 g/mol. The molecule has 0 aromatic heterocycles. The van der Waals surface area contributed by atoms with Crippen molar-refractivity contribution in [1.82, 2.24) is 20.9 Å². The van der Waals surface area contributed by atoms with Gasteiger partial charge in [-0.15, -0.1) is 0 Å². The van der Waals surface area contributed by atoms with E-state index in [0.29, 0.717) is 32.6 Å². The van der Waals surface area contributed by atoms with E-state index in [1.54, 1.807) is 13.8 Å². The third-order valence-electron chi connectivity index (χ3n) is 4.87. The average Bonchev–Trinajstić information content (AvgIpc) is 2.73. The van der Waals surface area contributed by atoms with Crippen molar-refractivity contribution in [3.63, 3.8) is 0 Å². The van der Waals surface area contributed by atoms with E-state index in [4.69, 9.17) is 20.9 Å². The van der Waals surface area contributed by atoms with Crippen molar-refractivity contribution < 1.29 is 19.1 Å². The molecule has 178 valence electrons. The van der Waals surface area contributed by atoms with Crippen molar-refractivity contribution >= 4 is 11.9 Å². The van der Waals surface area contributed by atoms with Gasteiger partial charge in [0, 0.05) is 72.0 Å². The summed E-state index contributed by atoms with van der Waals surface area (Å²) in [5.74, 6) is -1.09. The highest BCUT2D eigenvalue weighted by Crippen LogP contribution is 2.27. The van der Waals surface area contributed by atoms with Crippen LogP contribution in [0.3, 0.4) is 0 Å². The zero-order valence-corrected chi connectivity index (χ0v) is 19.3. The molecule has 0 saturated carbocycles. The Labute approximate surface area is 181 Å². The maximum atomic E-state index is 12.1. The molecule has 10 heteroatoms. The summed E-state index contributed by atoms with van der Waals surface area (Å²) < 4.78 is 9.75. The first-order valence-electron chi connectivity index (χ1n) is 10.7. The second-order valence-corrected chi connectivity index (χ2v) is 7.92. The Bertz CT molecular complexity index is 465. The van der Waals surface area contributed by atoms with Crippen molar-refractivity contribution in [2.45, 2.75) is 20.3 Å². The minimum atomic E-state index is -0.758. The predicted molar refractivity (Wildman–Crippen MR) is 119 cm³/mol. The lowest BCUT2D eigenvalue weighted by Crippen LogP contribution is -2.42. The van der Waals surface area contributed by atoms with Crippen LogP contribution in [0.1, 0.15) is 20.3 Å². The molecule has 0 aliphatic carbocycles. The summed E-state index contributed by atoms with van der Waals surface area (Å²) in [5, 5.41) is 9.95. The maximum absolute atomic E-state index is 12.1. The molecule has 1 unspecified atom stereocenters. The van der Waals surface area contributed by atoms with E-state index in [2.05, 4.69) is 20.9 Å². The van der Waals surface area contributed by atoms with Gasteiger partial charge in [-0.2, -0.15) is 0 Å². The van der Waals surface area contributed by atoms with Crippen LogP contribution in [0.25, 0.3) is 0 Å². The molecule has 0 aliphatic rings. The minimum Gasteiger partial charge on any atom is -0.469 e. The standard InChI is InChI=1S/C20H44N6O4/c1-20(2,19(28)30-4)15-17(18(27)29-3)16-25-11-14-26(12-6-22)13-10-24-9-8-23-7-5-21/h17,23-25H,5-16,21-22H2,1-4H3. The number of nitrogens with two attached hydrogens (primary N) is 2. The Morgan fingerprint density at radius 1 is 0.867 bits per heavy atom. The summed E-state index contributed by atoms with van der Waals surface area (Å²) >= 11 is 0. The van der Waals surface area contributed by atoms with Crippen LogP contribution in [0.15, 0.2) is 0 Å². The van der Waals surface area contributed by atoms with Gasteiger partial charge in [0.2, 0.25) is 0 Å². The summed E-state index contributed by atoms with van der Waals surface area (Å²) in [5.41, 5.74) is 10.4. The lowest BCUT2D eigenvalue weighted by molar-refractivity contribution is -0.154. The normalized spacial score (nSPS) is 12.8. The number of ether oxygens (including phenoxy) is 2. The van der Waals surface area contributed by atoms with Crippen molar-refractivity contribution in [3.05, 3.63) is 0 Å². The lowest BCUT2D eigenvalue weighted by Gasteiger charge is -2.27. The van der Waals surface area contributed by atoms with Gasteiger partial charge in [-0.05, 0) is 20.3 Å². The van der Waals surface area contributed by atoms with Gasteiger partial charge in [-0.25, -0.2) is 0 Å². The van der Waals surface area contributed by atoms with E-state index in [9.17, 15) is 9.59 Å². The molecule has 0 fully saturated rings. The van der Waals surface area contributed by atoms with E-state index in [-0.39, 0.29) is 11.9 Å². The average molecular weight is 433 g/mol. The zero-order valence-electron chi connectivity index (χ0n) is 19.3. The molecule has 0 heterocycles. The van der Waals surface area contributed by atoms with Gasteiger partial charge in [0.15, 0.2) is 0 Å². The molecule has 0 amide bonds. The number of hydrogen-bond donors (Lipinski definition) is 5. The number of esters is 2. The second kappa shape index (κ2) is 17.4. The van der Waals surface area contributed by atoms with Gasteiger partial charge in [0.05, 0.1) is 25.6 Å². The third kappa shape index (κ3) is 13.1. The molecule has 0 aromatic rings. The molecule has 0 rings (SSSR count).